The summed E-state index contributed by atoms with van der Waals surface area (Å²) in [6, 6.07) is 0. The van der Waals surface area contributed by atoms with Crippen molar-refractivity contribution in [2.24, 2.45) is 0 Å². The van der Waals surface area contributed by atoms with Crippen LogP contribution in [0.2, 0.25) is 11.6 Å². The van der Waals surface area contributed by atoms with E-state index in [1.165, 1.54) is 77.9 Å². The van der Waals surface area contributed by atoms with Gasteiger partial charge >= 0.3 is 0 Å². The predicted molar refractivity (Wildman–Crippen MR) is 76.8 cm³/mol. The fraction of sp³-hybridized carbons (Fsp3) is 1.00. The fourth-order valence-corrected chi connectivity index (χ4v) is 3.15. The van der Waals surface area contributed by atoms with Crippen LogP contribution in [0.5, 0.6) is 0 Å². The van der Waals surface area contributed by atoms with Crippen LogP contribution in [0.1, 0.15) is 84.5 Å². The van der Waals surface area contributed by atoms with Crippen molar-refractivity contribution >= 4 is 7.28 Å². The molecule has 0 saturated heterocycles. The Morgan fingerprint density at radius 1 is 0.688 bits per heavy atom. The molecule has 1 saturated carbocycles. The van der Waals surface area contributed by atoms with Gasteiger partial charge in [0.1, 0.15) is 7.28 Å². The molecule has 0 atom stereocenters. The number of rotatable bonds is 2. The Morgan fingerprint density at radius 3 is 1.44 bits per heavy atom. The molecule has 1 rings (SSSR count). The Hall–Kier alpha value is 0.0649. The van der Waals surface area contributed by atoms with Gasteiger partial charge in [-0.25, -0.2) is 0 Å². The molecule has 1 fully saturated rings. The summed E-state index contributed by atoms with van der Waals surface area (Å²) >= 11 is 0. The van der Waals surface area contributed by atoms with Crippen molar-refractivity contribution in [3.8, 4) is 0 Å². The van der Waals surface area contributed by atoms with Crippen molar-refractivity contribution < 1.29 is 0 Å². The van der Waals surface area contributed by atoms with Gasteiger partial charge in [-0.2, -0.15) is 0 Å². The van der Waals surface area contributed by atoms with Gasteiger partial charge in [-0.05, 0) is 0 Å². The summed E-state index contributed by atoms with van der Waals surface area (Å²) in [6.07, 6.45) is 16.5. The third kappa shape index (κ3) is 7.36. The van der Waals surface area contributed by atoms with Gasteiger partial charge in [-0.15, -0.1) is 0 Å². The summed E-state index contributed by atoms with van der Waals surface area (Å²) in [7, 11) is 1.47. The average Bonchev–Trinajstić information content (AvgIpc) is 2.21. The second-order valence-corrected chi connectivity index (χ2v) is 6.25. The lowest BCUT2D eigenvalue weighted by Crippen LogP contribution is -2.07. The van der Waals surface area contributed by atoms with Crippen molar-refractivity contribution in [2.45, 2.75) is 96.1 Å². The Morgan fingerprint density at radius 2 is 1.06 bits per heavy atom. The SMILES string of the molecule is CC(C)BC1CCCCCCCCCCC1. The Kier molecular flexibility index (Phi) is 8.06. The highest BCUT2D eigenvalue weighted by atomic mass is 14.1. The maximum absolute atomic E-state index is 2.39. The first-order chi connectivity index (χ1) is 7.79. The average molecular weight is 222 g/mol. The molecule has 94 valence electrons. The summed E-state index contributed by atoms with van der Waals surface area (Å²) in [5.74, 6) is 1.94. The van der Waals surface area contributed by atoms with Crippen LogP contribution in [-0.4, -0.2) is 7.28 Å². The quantitative estimate of drug-likeness (QED) is 0.553. The van der Waals surface area contributed by atoms with Gasteiger partial charge in [0.05, 0.1) is 0 Å². The van der Waals surface area contributed by atoms with Crippen LogP contribution < -0.4 is 0 Å². The highest BCUT2D eigenvalue weighted by Gasteiger charge is 2.12. The standard InChI is InChI=1S/C15H31B/c1-14(2)16-15-12-10-8-6-4-3-5-7-9-11-13-15/h14-16H,3-13H2,1-2H3. The van der Waals surface area contributed by atoms with Gasteiger partial charge in [-0.1, -0.05) is 96.1 Å². The summed E-state index contributed by atoms with van der Waals surface area (Å²) in [5.41, 5.74) is 0. The summed E-state index contributed by atoms with van der Waals surface area (Å²) in [6.45, 7) is 4.77. The molecule has 0 unspecified atom stereocenters. The smallest absolute Gasteiger partial charge is 0.0710 e. The lowest BCUT2D eigenvalue weighted by molar-refractivity contribution is 0.501. The Labute approximate surface area is 104 Å². The third-order valence-corrected chi connectivity index (χ3v) is 4.03. The first-order valence-electron chi connectivity index (χ1n) is 7.79. The van der Waals surface area contributed by atoms with Gasteiger partial charge < -0.3 is 0 Å². The van der Waals surface area contributed by atoms with E-state index < -0.39 is 0 Å². The van der Waals surface area contributed by atoms with Crippen molar-refractivity contribution in [1.82, 2.24) is 0 Å². The van der Waals surface area contributed by atoms with Crippen LogP contribution in [0.3, 0.4) is 0 Å². The molecule has 0 nitrogen and oxygen atoms in total. The van der Waals surface area contributed by atoms with E-state index in [-0.39, 0.29) is 0 Å². The van der Waals surface area contributed by atoms with Crippen molar-refractivity contribution in [1.29, 1.82) is 0 Å². The zero-order chi connectivity index (χ0) is 11.6. The second-order valence-electron chi connectivity index (χ2n) is 6.25. The fourth-order valence-electron chi connectivity index (χ4n) is 3.15. The van der Waals surface area contributed by atoms with Crippen LogP contribution in [0.4, 0.5) is 0 Å². The minimum Gasteiger partial charge on any atom is -0.0710 e. The normalized spacial score (nSPS) is 22.4. The van der Waals surface area contributed by atoms with Gasteiger partial charge in [0.2, 0.25) is 0 Å². The minimum atomic E-state index is 0.901. The first-order valence-corrected chi connectivity index (χ1v) is 7.79. The summed E-state index contributed by atoms with van der Waals surface area (Å²) in [5, 5.41) is 0. The largest absolute Gasteiger partial charge is 0.126 e. The van der Waals surface area contributed by atoms with Crippen LogP contribution in [0, 0.1) is 0 Å². The van der Waals surface area contributed by atoms with E-state index in [2.05, 4.69) is 13.8 Å². The van der Waals surface area contributed by atoms with Gasteiger partial charge in [-0.3, -0.25) is 0 Å². The van der Waals surface area contributed by atoms with E-state index in [0.29, 0.717) is 0 Å². The molecular weight excluding hydrogens is 191 g/mol. The molecule has 0 bridgehead atoms. The maximum Gasteiger partial charge on any atom is 0.126 e. The molecule has 0 amide bonds. The Balaban J connectivity index is 2.24. The molecule has 0 aromatic heterocycles. The summed E-state index contributed by atoms with van der Waals surface area (Å²) < 4.78 is 0. The maximum atomic E-state index is 2.39. The van der Waals surface area contributed by atoms with Crippen LogP contribution in [-0.2, 0) is 0 Å². The van der Waals surface area contributed by atoms with Crippen LogP contribution in [0.15, 0.2) is 0 Å². The molecule has 0 spiro atoms. The topological polar surface area (TPSA) is 0 Å². The molecule has 0 N–H and O–H groups in total. The molecule has 0 radical (unpaired) electrons. The molecule has 0 aromatic rings. The van der Waals surface area contributed by atoms with E-state index in [0.717, 1.165) is 11.6 Å². The lowest BCUT2D eigenvalue weighted by atomic mass is 9.53. The van der Waals surface area contributed by atoms with E-state index in [4.69, 9.17) is 0 Å². The highest BCUT2D eigenvalue weighted by Crippen LogP contribution is 2.27. The molecule has 1 aliphatic carbocycles. The molecule has 16 heavy (non-hydrogen) atoms. The van der Waals surface area contributed by atoms with Gasteiger partial charge in [0.25, 0.3) is 0 Å². The molecule has 0 heterocycles. The third-order valence-electron chi connectivity index (χ3n) is 4.03. The Bertz CT molecular complexity index is 142. The lowest BCUT2D eigenvalue weighted by Gasteiger charge is -2.18. The summed E-state index contributed by atoms with van der Waals surface area (Å²) in [4.78, 5) is 0. The van der Waals surface area contributed by atoms with E-state index in [1.54, 1.807) is 0 Å². The van der Waals surface area contributed by atoms with E-state index in [9.17, 15) is 0 Å². The number of hydrogen-bond acceptors (Lipinski definition) is 0. The molecular formula is C15H31B. The molecule has 0 aromatic carbocycles. The van der Waals surface area contributed by atoms with Crippen molar-refractivity contribution in [3.63, 3.8) is 0 Å². The van der Waals surface area contributed by atoms with E-state index in [1.807, 2.05) is 0 Å². The van der Waals surface area contributed by atoms with Crippen molar-refractivity contribution in [3.05, 3.63) is 0 Å². The predicted octanol–water partition coefficient (Wildman–Crippen LogP) is 5.34. The van der Waals surface area contributed by atoms with Gasteiger partial charge in [0, 0.05) is 0 Å². The second kappa shape index (κ2) is 9.13. The zero-order valence-electron chi connectivity index (χ0n) is 11.6. The monoisotopic (exact) mass is 222 g/mol. The first kappa shape index (κ1) is 14.1. The van der Waals surface area contributed by atoms with Crippen LogP contribution in [0.25, 0.3) is 0 Å². The molecule has 0 aliphatic heterocycles. The van der Waals surface area contributed by atoms with Crippen LogP contribution >= 0.6 is 0 Å². The molecule has 1 heteroatoms. The number of hydrogen-bond donors (Lipinski definition) is 0. The van der Waals surface area contributed by atoms with E-state index >= 15 is 0 Å². The zero-order valence-corrected chi connectivity index (χ0v) is 11.6. The highest BCUT2D eigenvalue weighted by molar-refractivity contribution is 6.39. The minimum absolute atomic E-state index is 0.901. The van der Waals surface area contributed by atoms with Gasteiger partial charge in [0.15, 0.2) is 0 Å². The molecule has 1 aliphatic rings. The van der Waals surface area contributed by atoms with Crippen molar-refractivity contribution in [2.75, 3.05) is 0 Å².